The molecule has 1 rings (SSSR count). The van der Waals surface area contributed by atoms with Gasteiger partial charge in [-0.15, -0.1) is 11.8 Å². The third-order valence-corrected chi connectivity index (χ3v) is 5.40. The standard InChI is InChI=1S/C21H35ClN4O4S/c1-5-10-31-14-24-18-7-6-17(25-26-19(18)20(22)23)12-16(13-30-21(3,4)28)11-15(2)29-9-8-27/h14,16,18,23,27-28H,2,5-13H2,1,3-4H3. The predicted octanol–water partition coefficient (Wildman–Crippen LogP) is 4.00. The van der Waals surface area contributed by atoms with Crippen molar-refractivity contribution in [3.63, 3.8) is 0 Å². The Morgan fingerprint density at radius 2 is 2.23 bits per heavy atom. The molecule has 0 saturated carbocycles. The van der Waals surface area contributed by atoms with Crippen LogP contribution in [0.4, 0.5) is 0 Å². The molecule has 1 aliphatic rings. The van der Waals surface area contributed by atoms with Crippen molar-refractivity contribution in [2.24, 2.45) is 21.1 Å². The van der Waals surface area contributed by atoms with E-state index in [-0.39, 0.29) is 37.0 Å². The van der Waals surface area contributed by atoms with E-state index in [0.29, 0.717) is 37.2 Å². The monoisotopic (exact) mass is 474 g/mol. The number of nitrogens with one attached hydrogen (secondary N) is 1. The molecule has 0 aromatic carbocycles. The number of thioether (sulfide) groups is 1. The van der Waals surface area contributed by atoms with Gasteiger partial charge in [0.2, 0.25) is 0 Å². The molecule has 8 nitrogen and oxygen atoms in total. The third kappa shape index (κ3) is 12.4. The van der Waals surface area contributed by atoms with E-state index >= 15 is 0 Å². The molecule has 0 saturated heterocycles. The van der Waals surface area contributed by atoms with Crippen molar-refractivity contribution in [1.82, 2.24) is 0 Å². The first-order valence-corrected chi connectivity index (χ1v) is 11.9. The predicted molar refractivity (Wildman–Crippen MR) is 130 cm³/mol. The molecule has 0 aromatic heterocycles. The molecule has 0 spiro atoms. The Balaban J connectivity index is 2.86. The molecule has 31 heavy (non-hydrogen) atoms. The lowest BCUT2D eigenvalue weighted by molar-refractivity contribution is -0.183. The Labute approximate surface area is 194 Å². The minimum absolute atomic E-state index is 0.0503. The molecule has 0 bridgehead atoms. The van der Waals surface area contributed by atoms with E-state index in [2.05, 4.69) is 28.7 Å². The van der Waals surface area contributed by atoms with Crippen molar-refractivity contribution in [2.75, 3.05) is 25.6 Å². The summed E-state index contributed by atoms with van der Waals surface area (Å²) >= 11 is 7.56. The average molecular weight is 475 g/mol. The lowest BCUT2D eigenvalue weighted by atomic mass is 9.95. The van der Waals surface area contributed by atoms with Crippen LogP contribution in [-0.2, 0) is 9.47 Å². The van der Waals surface area contributed by atoms with Gasteiger partial charge in [0, 0.05) is 12.1 Å². The number of aliphatic hydroxyl groups is 2. The maximum atomic E-state index is 9.93. The Kier molecular flexibility index (Phi) is 13.2. The van der Waals surface area contributed by atoms with Gasteiger partial charge in [0.15, 0.2) is 5.79 Å². The van der Waals surface area contributed by atoms with Crippen molar-refractivity contribution < 1.29 is 19.7 Å². The van der Waals surface area contributed by atoms with Gasteiger partial charge in [-0.3, -0.25) is 10.4 Å². The first-order chi connectivity index (χ1) is 14.7. The highest BCUT2D eigenvalue weighted by Gasteiger charge is 2.25. The summed E-state index contributed by atoms with van der Waals surface area (Å²) in [6.45, 7) is 9.53. The van der Waals surface area contributed by atoms with E-state index in [1.165, 1.54) is 0 Å². The second kappa shape index (κ2) is 14.7. The Hall–Kier alpha value is -1.26. The van der Waals surface area contributed by atoms with Gasteiger partial charge in [-0.1, -0.05) is 25.1 Å². The maximum absolute atomic E-state index is 9.93. The fourth-order valence-electron chi connectivity index (χ4n) is 2.86. The maximum Gasteiger partial charge on any atom is 0.159 e. The van der Waals surface area contributed by atoms with E-state index in [1.54, 1.807) is 31.2 Å². The molecule has 2 unspecified atom stereocenters. The number of nitrogens with zero attached hydrogens (tertiary/aromatic N) is 3. The minimum Gasteiger partial charge on any atom is -0.496 e. The Bertz CT molecular complexity index is 677. The van der Waals surface area contributed by atoms with E-state index in [1.807, 2.05) is 0 Å². The highest BCUT2D eigenvalue weighted by Crippen LogP contribution is 2.23. The number of allylic oxidation sites excluding steroid dienone is 1. The molecule has 176 valence electrons. The van der Waals surface area contributed by atoms with Gasteiger partial charge in [-0.05, 0) is 51.2 Å². The molecule has 0 aliphatic carbocycles. The molecule has 10 heteroatoms. The first kappa shape index (κ1) is 27.8. The van der Waals surface area contributed by atoms with Gasteiger partial charge >= 0.3 is 0 Å². The van der Waals surface area contributed by atoms with E-state index in [4.69, 9.17) is 31.6 Å². The molecule has 0 amide bonds. The number of hydrogen-bond donors (Lipinski definition) is 3. The number of hydrogen-bond acceptors (Lipinski definition) is 9. The van der Waals surface area contributed by atoms with Gasteiger partial charge in [0.1, 0.15) is 17.5 Å². The topological polar surface area (TPSA) is 120 Å². The molecule has 1 aliphatic heterocycles. The Morgan fingerprint density at radius 1 is 1.48 bits per heavy atom. The van der Waals surface area contributed by atoms with Crippen LogP contribution in [-0.4, -0.2) is 69.8 Å². The smallest absolute Gasteiger partial charge is 0.159 e. The molecule has 0 radical (unpaired) electrons. The summed E-state index contributed by atoms with van der Waals surface area (Å²) in [6, 6.07) is -0.301. The molecule has 2 atom stereocenters. The molecule has 0 aromatic rings. The van der Waals surface area contributed by atoms with Crippen molar-refractivity contribution in [1.29, 1.82) is 5.41 Å². The SMILES string of the molecule is C=C(CC(COC(C)(C)O)CC1=NN=C(C(=N)Cl)C(N=CSCCC)CC1)OCCO. The van der Waals surface area contributed by atoms with Crippen LogP contribution < -0.4 is 0 Å². The average Bonchev–Trinajstić information content (AvgIpc) is 2.89. The van der Waals surface area contributed by atoms with Gasteiger partial charge in [0.25, 0.3) is 0 Å². The second-order valence-electron chi connectivity index (χ2n) is 7.79. The van der Waals surface area contributed by atoms with Crippen molar-refractivity contribution in [3.8, 4) is 0 Å². The van der Waals surface area contributed by atoms with Crippen LogP contribution >= 0.6 is 23.4 Å². The summed E-state index contributed by atoms with van der Waals surface area (Å²) in [4.78, 5) is 4.54. The van der Waals surface area contributed by atoms with Crippen LogP contribution in [0.2, 0.25) is 0 Å². The lowest BCUT2D eigenvalue weighted by Crippen LogP contribution is -2.28. The Morgan fingerprint density at radius 3 is 2.84 bits per heavy atom. The zero-order chi connectivity index (χ0) is 23.3. The van der Waals surface area contributed by atoms with Gasteiger partial charge in [0.05, 0.1) is 30.6 Å². The molecular formula is C21H35ClN4O4S. The zero-order valence-corrected chi connectivity index (χ0v) is 20.2. The molecular weight excluding hydrogens is 440 g/mol. The number of rotatable bonds is 15. The first-order valence-electron chi connectivity index (χ1n) is 10.4. The quantitative estimate of drug-likeness (QED) is 0.109. The van der Waals surface area contributed by atoms with E-state index in [9.17, 15) is 5.11 Å². The van der Waals surface area contributed by atoms with Crippen LogP contribution in [0, 0.1) is 11.3 Å². The summed E-state index contributed by atoms with van der Waals surface area (Å²) in [7, 11) is 0. The summed E-state index contributed by atoms with van der Waals surface area (Å²) in [5, 5.41) is 35.1. The summed E-state index contributed by atoms with van der Waals surface area (Å²) < 4.78 is 11.0. The molecule has 0 fully saturated rings. The lowest BCUT2D eigenvalue weighted by Gasteiger charge is -2.24. The number of aliphatic imine (C=N–C) groups is 1. The molecule has 3 N–H and O–H groups in total. The number of ether oxygens (including phenoxy) is 2. The van der Waals surface area contributed by atoms with Crippen LogP contribution in [0.1, 0.15) is 52.9 Å². The van der Waals surface area contributed by atoms with E-state index in [0.717, 1.165) is 17.9 Å². The summed E-state index contributed by atoms with van der Waals surface area (Å²) in [5.41, 5.74) is 3.01. The van der Waals surface area contributed by atoms with Gasteiger partial charge < -0.3 is 19.7 Å². The largest absolute Gasteiger partial charge is 0.496 e. The van der Waals surface area contributed by atoms with Crippen molar-refractivity contribution in [2.45, 2.75) is 64.7 Å². The van der Waals surface area contributed by atoms with Crippen molar-refractivity contribution in [3.05, 3.63) is 12.3 Å². The van der Waals surface area contributed by atoms with Gasteiger partial charge in [-0.25, -0.2) is 0 Å². The highest BCUT2D eigenvalue weighted by atomic mass is 35.5. The van der Waals surface area contributed by atoms with Crippen molar-refractivity contribution >= 4 is 45.5 Å². The molecule has 1 heterocycles. The third-order valence-electron chi connectivity index (χ3n) is 4.29. The minimum atomic E-state index is -1.26. The number of aliphatic hydroxyl groups excluding tert-OH is 1. The fraction of sp³-hybridized carbons (Fsp3) is 0.714. The number of halogens is 1. The van der Waals surface area contributed by atoms with E-state index < -0.39 is 5.79 Å². The summed E-state index contributed by atoms with van der Waals surface area (Å²) in [6.07, 6.45) is 3.41. The van der Waals surface area contributed by atoms with Crippen LogP contribution in [0.3, 0.4) is 0 Å². The second-order valence-corrected chi connectivity index (χ2v) is 9.12. The summed E-state index contributed by atoms with van der Waals surface area (Å²) in [5.74, 6) is 0.208. The zero-order valence-electron chi connectivity index (χ0n) is 18.6. The van der Waals surface area contributed by atoms with Gasteiger partial charge in [-0.2, -0.15) is 10.2 Å². The highest BCUT2D eigenvalue weighted by molar-refractivity contribution is 8.12. The normalized spacial score (nSPS) is 18.3. The fourth-order valence-corrected chi connectivity index (χ4v) is 3.60. The van der Waals surface area contributed by atoms with Crippen LogP contribution in [0.15, 0.2) is 27.5 Å². The van der Waals surface area contributed by atoms with Crippen LogP contribution in [0.25, 0.3) is 0 Å². The van der Waals surface area contributed by atoms with Crippen LogP contribution in [0.5, 0.6) is 0 Å².